The number of piperidine rings is 1. The van der Waals surface area contributed by atoms with Gasteiger partial charge in [-0.05, 0) is 56.7 Å². The number of sulfone groups is 1. The van der Waals surface area contributed by atoms with E-state index in [1.165, 1.54) is 29.9 Å². The summed E-state index contributed by atoms with van der Waals surface area (Å²) in [5.74, 6) is -1.02. The zero-order valence-corrected chi connectivity index (χ0v) is 20.7. The number of nitrogens with zero attached hydrogens (tertiary/aromatic N) is 3. The summed E-state index contributed by atoms with van der Waals surface area (Å²) in [7, 11) is -5.39. The highest BCUT2D eigenvalue weighted by Gasteiger charge is 2.41. The molecule has 2 heterocycles. The SMILES string of the molecule is COc1c(Oc2ccc(S(=O)(=O)C3CC3)cc2F)ncnc1OC1CCN(S(=O)(=O)C2CC2)CC1. The molecule has 0 radical (unpaired) electrons. The fourth-order valence-corrected chi connectivity index (χ4v) is 7.57. The van der Waals surface area contributed by atoms with E-state index in [1.54, 1.807) is 0 Å². The molecule has 5 rings (SSSR count). The Morgan fingerprint density at radius 3 is 2.20 bits per heavy atom. The molecule has 190 valence electrons. The summed E-state index contributed by atoms with van der Waals surface area (Å²) in [5, 5.41) is -0.694. The maximum absolute atomic E-state index is 14.7. The van der Waals surface area contributed by atoms with Gasteiger partial charge in [-0.3, -0.25) is 0 Å². The van der Waals surface area contributed by atoms with E-state index < -0.39 is 30.9 Å². The van der Waals surface area contributed by atoms with Crippen molar-refractivity contribution in [1.29, 1.82) is 0 Å². The molecule has 1 aliphatic heterocycles. The molecule has 0 unspecified atom stereocenters. The van der Waals surface area contributed by atoms with Gasteiger partial charge in [0.05, 0.1) is 22.5 Å². The number of benzene rings is 1. The molecule has 3 aliphatic rings. The summed E-state index contributed by atoms with van der Waals surface area (Å²) < 4.78 is 82.7. The Bertz CT molecular complexity index is 1320. The minimum atomic E-state index is -3.54. The van der Waals surface area contributed by atoms with Crippen LogP contribution in [0.15, 0.2) is 29.4 Å². The minimum absolute atomic E-state index is 0.0506. The highest BCUT2D eigenvalue weighted by molar-refractivity contribution is 7.92. The number of hydrogen-bond donors (Lipinski definition) is 0. The van der Waals surface area contributed by atoms with E-state index >= 15 is 0 Å². The minimum Gasteiger partial charge on any atom is -0.487 e. The lowest BCUT2D eigenvalue weighted by molar-refractivity contribution is 0.124. The average molecular weight is 528 g/mol. The fraction of sp³-hybridized carbons (Fsp3) is 0.545. The van der Waals surface area contributed by atoms with Gasteiger partial charge < -0.3 is 14.2 Å². The molecule has 35 heavy (non-hydrogen) atoms. The van der Waals surface area contributed by atoms with Crippen molar-refractivity contribution in [2.24, 2.45) is 0 Å². The van der Waals surface area contributed by atoms with E-state index in [9.17, 15) is 21.2 Å². The zero-order valence-electron chi connectivity index (χ0n) is 19.1. The molecule has 2 saturated carbocycles. The van der Waals surface area contributed by atoms with E-state index in [-0.39, 0.29) is 39.5 Å². The summed E-state index contributed by atoms with van der Waals surface area (Å²) in [5.41, 5.74) is 0. The van der Waals surface area contributed by atoms with Crippen LogP contribution in [-0.4, -0.2) is 67.9 Å². The van der Waals surface area contributed by atoms with E-state index in [2.05, 4.69) is 9.97 Å². The van der Waals surface area contributed by atoms with Crippen molar-refractivity contribution >= 4 is 19.9 Å². The van der Waals surface area contributed by atoms with Crippen molar-refractivity contribution in [3.63, 3.8) is 0 Å². The molecular formula is C22H26FN3O7S2. The van der Waals surface area contributed by atoms with Gasteiger partial charge in [0.2, 0.25) is 15.8 Å². The molecule has 13 heteroatoms. The quantitative estimate of drug-likeness (QED) is 0.484. The van der Waals surface area contributed by atoms with E-state index in [4.69, 9.17) is 14.2 Å². The predicted octanol–water partition coefficient (Wildman–Crippen LogP) is 2.69. The van der Waals surface area contributed by atoms with Crippen LogP contribution in [0.2, 0.25) is 0 Å². The van der Waals surface area contributed by atoms with Crippen molar-refractivity contribution in [2.45, 2.75) is 60.0 Å². The summed E-state index contributed by atoms with van der Waals surface area (Å²) >= 11 is 0. The summed E-state index contributed by atoms with van der Waals surface area (Å²) in [6, 6.07) is 3.49. The molecule has 2 aromatic rings. The zero-order chi connectivity index (χ0) is 24.8. The lowest BCUT2D eigenvalue weighted by Crippen LogP contribution is -2.43. The van der Waals surface area contributed by atoms with Crippen LogP contribution in [0.5, 0.6) is 23.3 Å². The number of rotatable bonds is 9. The molecule has 1 aromatic carbocycles. The van der Waals surface area contributed by atoms with Crippen LogP contribution < -0.4 is 14.2 Å². The first-order valence-electron chi connectivity index (χ1n) is 11.5. The van der Waals surface area contributed by atoms with Crippen LogP contribution in [0, 0.1) is 5.82 Å². The first kappa shape index (κ1) is 24.2. The van der Waals surface area contributed by atoms with E-state index in [0.717, 1.165) is 18.9 Å². The van der Waals surface area contributed by atoms with Crippen molar-refractivity contribution in [3.05, 3.63) is 30.3 Å². The monoisotopic (exact) mass is 527 g/mol. The Morgan fingerprint density at radius 2 is 1.60 bits per heavy atom. The van der Waals surface area contributed by atoms with Gasteiger partial charge in [-0.2, -0.15) is 9.97 Å². The summed E-state index contributed by atoms with van der Waals surface area (Å²) in [6.45, 7) is 0.725. The van der Waals surface area contributed by atoms with Gasteiger partial charge in [0, 0.05) is 13.1 Å². The predicted molar refractivity (Wildman–Crippen MR) is 122 cm³/mol. The molecule has 0 bridgehead atoms. The molecule has 10 nitrogen and oxygen atoms in total. The highest BCUT2D eigenvalue weighted by atomic mass is 32.2. The second kappa shape index (κ2) is 9.17. The number of hydrogen-bond acceptors (Lipinski definition) is 9. The van der Waals surface area contributed by atoms with Gasteiger partial charge >= 0.3 is 0 Å². The lowest BCUT2D eigenvalue weighted by atomic mass is 10.1. The number of aromatic nitrogens is 2. The second-order valence-electron chi connectivity index (χ2n) is 8.92. The first-order chi connectivity index (χ1) is 16.7. The van der Waals surface area contributed by atoms with Gasteiger partial charge in [0.1, 0.15) is 12.4 Å². The Kier molecular flexibility index (Phi) is 6.34. The number of methoxy groups -OCH3 is 1. The third kappa shape index (κ3) is 4.94. The van der Waals surface area contributed by atoms with Crippen LogP contribution in [0.3, 0.4) is 0 Å². The van der Waals surface area contributed by atoms with Crippen LogP contribution in [-0.2, 0) is 19.9 Å². The number of sulfonamides is 1. The van der Waals surface area contributed by atoms with Gasteiger partial charge in [-0.25, -0.2) is 25.5 Å². The Hall–Kier alpha value is -2.51. The van der Waals surface area contributed by atoms with Crippen LogP contribution in [0.4, 0.5) is 4.39 Å². The third-order valence-electron chi connectivity index (χ3n) is 6.33. The van der Waals surface area contributed by atoms with Gasteiger partial charge in [-0.1, -0.05) is 0 Å². The number of halogens is 1. The van der Waals surface area contributed by atoms with Crippen LogP contribution in [0.25, 0.3) is 0 Å². The standard InChI is InChI=1S/C22H26FN3O7S2/c1-31-20-21(32-14-8-10-26(11-9-14)35(29,30)16-4-5-16)24-13-25-22(20)33-19-7-6-17(12-18(19)23)34(27,28)15-2-3-15/h6-7,12-16H,2-5,8-11H2,1H3. The van der Waals surface area contributed by atoms with Crippen LogP contribution in [0.1, 0.15) is 38.5 Å². The summed E-state index contributed by atoms with van der Waals surface area (Å²) in [4.78, 5) is 8.03. The largest absolute Gasteiger partial charge is 0.487 e. The van der Waals surface area contributed by atoms with E-state index in [0.29, 0.717) is 38.8 Å². The Balaban J connectivity index is 1.28. The molecule has 1 saturated heterocycles. The maximum atomic E-state index is 14.7. The van der Waals surface area contributed by atoms with Crippen molar-refractivity contribution in [1.82, 2.24) is 14.3 Å². The lowest BCUT2D eigenvalue weighted by Gasteiger charge is -2.31. The maximum Gasteiger partial charge on any atom is 0.270 e. The third-order valence-corrected chi connectivity index (χ3v) is 11.0. The molecule has 0 amide bonds. The molecule has 0 spiro atoms. The Labute approximate surface area is 203 Å². The molecule has 0 atom stereocenters. The molecular weight excluding hydrogens is 501 g/mol. The normalized spacial score (nSPS) is 19.9. The molecule has 3 fully saturated rings. The van der Waals surface area contributed by atoms with Gasteiger partial charge in [-0.15, -0.1) is 0 Å². The molecule has 1 aromatic heterocycles. The van der Waals surface area contributed by atoms with Gasteiger partial charge in [0.25, 0.3) is 11.8 Å². The molecule has 2 aliphatic carbocycles. The average Bonchev–Trinajstić information content (AvgIpc) is 3.72. The van der Waals surface area contributed by atoms with Crippen LogP contribution >= 0.6 is 0 Å². The second-order valence-corrected chi connectivity index (χ2v) is 13.4. The first-order valence-corrected chi connectivity index (χ1v) is 14.5. The highest BCUT2D eigenvalue weighted by Crippen LogP contribution is 2.39. The van der Waals surface area contributed by atoms with Crippen molar-refractivity contribution < 1.29 is 35.4 Å². The van der Waals surface area contributed by atoms with Crippen molar-refractivity contribution in [3.8, 4) is 23.3 Å². The fourth-order valence-electron chi connectivity index (χ4n) is 4.03. The molecule has 0 N–H and O–H groups in total. The number of ether oxygens (including phenoxy) is 3. The van der Waals surface area contributed by atoms with Gasteiger partial charge in [0.15, 0.2) is 21.4 Å². The van der Waals surface area contributed by atoms with Crippen molar-refractivity contribution in [2.75, 3.05) is 20.2 Å². The smallest absolute Gasteiger partial charge is 0.270 e. The topological polar surface area (TPSA) is 125 Å². The summed E-state index contributed by atoms with van der Waals surface area (Å²) in [6.07, 6.45) is 4.47. The van der Waals surface area contributed by atoms with E-state index in [1.807, 2.05) is 0 Å². The Morgan fingerprint density at radius 1 is 0.943 bits per heavy atom.